The quantitative estimate of drug-likeness (QED) is 0.690. The summed E-state index contributed by atoms with van der Waals surface area (Å²) in [4.78, 5) is 12.6. The van der Waals surface area contributed by atoms with Gasteiger partial charge in [-0.1, -0.05) is 26.0 Å². The third-order valence-corrected chi connectivity index (χ3v) is 4.82. The van der Waals surface area contributed by atoms with E-state index in [1.54, 1.807) is 12.1 Å². The van der Waals surface area contributed by atoms with Crippen LogP contribution in [0.4, 0.5) is 4.39 Å². The van der Waals surface area contributed by atoms with Gasteiger partial charge in [0.2, 0.25) is 6.29 Å². The van der Waals surface area contributed by atoms with E-state index in [0.717, 1.165) is 12.0 Å². The number of allylic oxidation sites excluding steroid dienone is 1. The molecule has 0 saturated heterocycles. The summed E-state index contributed by atoms with van der Waals surface area (Å²) in [5, 5.41) is 12.0. The van der Waals surface area contributed by atoms with Crippen LogP contribution in [0.1, 0.15) is 39.2 Å². The number of hydrogen-bond donors (Lipinski definition) is 2. The maximum atomic E-state index is 13.0. The zero-order valence-electron chi connectivity index (χ0n) is 16.3. The minimum absolute atomic E-state index is 0.0887. The maximum Gasteiger partial charge on any atom is 0.286 e. The number of nitrogens with one attached hydrogen (secondary N) is 1. The first kappa shape index (κ1) is 21.4. The number of rotatable bonds is 9. The first-order chi connectivity index (χ1) is 13.0. The van der Waals surface area contributed by atoms with Crippen LogP contribution in [0, 0.1) is 23.6 Å². The SMILES string of the molecule is CCO[C@H]1OC(C(=O)NCc2ccc(F)cc2)=C[C@@H](C(C)C)[C@H]1CCCO. The molecule has 1 aliphatic heterocycles. The third kappa shape index (κ3) is 6.04. The van der Waals surface area contributed by atoms with E-state index in [4.69, 9.17) is 9.47 Å². The normalized spacial score (nSPS) is 22.3. The number of aliphatic hydroxyl groups excluding tert-OH is 1. The second kappa shape index (κ2) is 10.4. The third-order valence-electron chi connectivity index (χ3n) is 4.82. The average Bonchev–Trinajstić information content (AvgIpc) is 2.65. The summed E-state index contributed by atoms with van der Waals surface area (Å²) in [6.45, 7) is 7.00. The highest BCUT2D eigenvalue weighted by Gasteiger charge is 2.38. The van der Waals surface area contributed by atoms with Gasteiger partial charge in [-0.2, -0.15) is 0 Å². The van der Waals surface area contributed by atoms with Gasteiger partial charge in [0.15, 0.2) is 5.76 Å². The molecular weight excluding hydrogens is 349 g/mol. The standard InChI is InChI=1S/C21H30FNO4/c1-4-26-21-17(6-5-11-24)18(14(2)3)12-19(27-21)20(25)23-13-15-7-9-16(22)10-8-15/h7-10,12,14,17-18,21,24H,4-6,11,13H2,1-3H3,(H,23,25)/t17-,18+,21+/m1/s1. The van der Waals surface area contributed by atoms with Gasteiger partial charge >= 0.3 is 0 Å². The Morgan fingerprint density at radius 1 is 1.33 bits per heavy atom. The van der Waals surface area contributed by atoms with Crippen molar-refractivity contribution in [3.8, 4) is 0 Å². The van der Waals surface area contributed by atoms with Crippen molar-refractivity contribution in [2.75, 3.05) is 13.2 Å². The highest BCUT2D eigenvalue weighted by molar-refractivity contribution is 5.91. The van der Waals surface area contributed by atoms with Gasteiger partial charge in [0.05, 0.1) is 0 Å². The maximum absolute atomic E-state index is 13.0. The van der Waals surface area contributed by atoms with Crippen molar-refractivity contribution in [2.24, 2.45) is 17.8 Å². The fourth-order valence-corrected chi connectivity index (χ4v) is 3.40. The number of benzene rings is 1. The fourth-order valence-electron chi connectivity index (χ4n) is 3.40. The Hall–Kier alpha value is -1.92. The lowest BCUT2D eigenvalue weighted by atomic mass is 9.78. The first-order valence-electron chi connectivity index (χ1n) is 9.59. The Bertz CT molecular complexity index is 630. The van der Waals surface area contributed by atoms with Gasteiger partial charge in [-0.25, -0.2) is 4.39 Å². The highest BCUT2D eigenvalue weighted by atomic mass is 19.1. The number of hydrogen-bond acceptors (Lipinski definition) is 4. The summed E-state index contributed by atoms with van der Waals surface area (Å²) in [6.07, 6.45) is 2.80. The number of halogens is 1. The molecule has 1 heterocycles. The van der Waals surface area contributed by atoms with Gasteiger partial charge < -0.3 is 19.9 Å². The number of aliphatic hydroxyl groups is 1. The van der Waals surface area contributed by atoms with Gasteiger partial charge in [0, 0.05) is 25.7 Å². The molecule has 0 radical (unpaired) electrons. The second-order valence-corrected chi connectivity index (χ2v) is 7.13. The van der Waals surface area contributed by atoms with Crippen molar-refractivity contribution in [3.05, 3.63) is 47.5 Å². The summed E-state index contributed by atoms with van der Waals surface area (Å²) in [7, 11) is 0. The van der Waals surface area contributed by atoms with Crippen LogP contribution in [0.2, 0.25) is 0 Å². The molecule has 1 aromatic carbocycles. The van der Waals surface area contributed by atoms with E-state index >= 15 is 0 Å². The lowest BCUT2D eigenvalue weighted by Gasteiger charge is -2.38. The molecule has 0 saturated carbocycles. The Kier molecular flexibility index (Phi) is 8.25. The van der Waals surface area contributed by atoms with Crippen LogP contribution in [-0.2, 0) is 20.8 Å². The topological polar surface area (TPSA) is 67.8 Å². The molecule has 0 aliphatic carbocycles. The smallest absolute Gasteiger partial charge is 0.286 e. The van der Waals surface area contributed by atoms with E-state index in [-0.39, 0.29) is 35.9 Å². The molecule has 0 bridgehead atoms. The molecule has 150 valence electrons. The van der Waals surface area contributed by atoms with Crippen molar-refractivity contribution in [1.29, 1.82) is 0 Å². The van der Waals surface area contributed by atoms with E-state index in [9.17, 15) is 14.3 Å². The molecule has 5 nitrogen and oxygen atoms in total. The lowest BCUT2D eigenvalue weighted by molar-refractivity contribution is -0.175. The molecule has 0 aromatic heterocycles. The number of carbonyl (C=O) groups excluding carboxylic acids is 1. The molecule has 1 aliphatic rings. The van der Waals surface area contributed by atoms with E-state index in [2.05, 4.69) is 19.2 Å². The molecule has 0 fully saturated rings. The number of amides is 1. The molecule has 0 spiro atoms. The largest absolute Gasteiger partial charge is 0.459 e. The summed E-state index contributed by atoms with van der Waals surface area (Å²) in [5.74, 6) is 0.154. The van der Waals surface area contributed by atoms with E-state index in [1.165, 1.54) is 12.1 Å². The van der Waals surface area contributed by atoms with Crippen LogP contribution in [0.5, 0.6) is 0 Å². The van der Waals surface area contributed by atoms with Crippen LogP contribution in [-0.4, -0.2) is 30.5 Å². The number of ether oxygens (including phenoxy) is 2. The molecule has 3 atom stereocenters. The zero-order chi connectivity index (χ0) is 19.8. The first-order valence-corrected chi connectivity index (χ1v) is 9.59. The van der Waals surface area contributed by atoms with Gasteiger partial charge in [-0.05, 0) is 55.4 Å². The van der Waals surface area contributed by atoms with Crippen molar-refractivity contribution in [3.63, 3.8) is 0 Å². The van der Waals surface area contributed by atoms with E-state index < -0.39 is 6.29 Å². The second-order valence-electron chi connectivity index (χ2n) is 7.13. The van der Waals surface area contributed by atoms with Gasteiger partial charge in [-0.15, -0.1) is 0 Å². The van der Waals surface area contributed by atoms with Crippen LogP contribution in [0.15, 0.2) is 36.1 Å². The van der Waals surface area contributed by atoms with E-state index in [1.807, 2.05) is 13.0 Å². The minimum atomic E-state index is -0.509. The summed E-state index contributed by atoms with van der Waals surface area (Å²) in [6, 6.07) is 6.00. The monoisotopic (exact) mass is 379 g/mol. The Labute approximate surface area is 160 Å². The predicted molar refractivity (Wildman–Crippen MR) is 101 cm³/mol. The van der Waals surface area contributed by atoms with Crippen molar-refractivity contribution in [1.82, 2.24) is 5.32 Å². The molecular formula is C21H30FNO4. The van der Waals surface area contributed by atoms with Gasteiger partial charge in [0.1, 0.15) is 5.82 Å². The van der Waals surface area contributed by atoms with Crippen LogP contribution in [0.25, 0.3) is 0 Å². The fraction of sp³-hybridized carbons (Fsp3) is 0.571. The van der Waals surface area contributed by atoms with Crippen LogP contribution in [0.3, 0.4) is 0 Å². The molecule has 27 heavy (non-hydrogen) atoms. The Morgan fingerprint density at radius 3 is 2.63 bits per heavy atom. The predicted octanol–water partition coefficient (Wildman–Crippen LogP) is 3.38. The van der Waals surface area contributed by atoms with Crippen LogP contribution >= 0.6 is 0 Å². The molecule has 1 aromatic rings. The molecule has 1 amide bonds. The summed E-state index contributed by atoms with van der Waals surface area (Å²) < 4.78 is 24.6. The van der Waals surface area contributed by atoms with Crippen molar-refractivity contribution in [2.45, 2.75) is 46.4 Å². The minimum Gasteiger partial charge on any atom is -0.459 e. The molecule has 0 unspecified atom stereocenters. The van der Waals surface area contributed by atoms with Gasteiger partial charge in [0.25, 0.3) is 5.91 Å². The Balaban J connectivity index is 2.10. The summed E-state index contributed by atoms with van der Waals surface area (Å²) in [5.41, 5.74) is 0.809. The average molecular weight is 379 g/mol. The molecule has 6 heteroatoms. The molecule has 2 rings (SSSR count). The molecule has 2 N–H and O–H groups in total. The van der Waals surface area contributed by atoms with Crippen molar-refractivity contribution < 1.29 is 23.8 Å². The van der Waals surface area contributed by atoms with E-state index in [0.29, 0.717) is 25.5 Å². The lowest BCUT2D eigenvalue weighted by Crippen LogP contribution is -2.41. The number of carbonyl (C=O) groups is 1. The highest BCUT2D eigenvalue weighted by Crippen LogP contribution is 2.37. The Morgan fingerprint density at radius 2 is 2.04 bits per heavy atom. The van der Waals surface area contributed by atoms with Gasteiger partial charge in [-0.3, -0.25) is 4.79 Å². The van der Waals surface area contributed by atoms with Crippen LogP contribution < -0.4 is 5.32 Å². The van der Waals surface area contributed by atoms with Crippen molar-refractivity contribution >= 4 is 5.91 Å². The summed E-state index contributed by atoms with van der Waals surface area (Å²) >= 11 is 0. The zero-order valence-corrected chi connectivity index (χ0v) is 16.3.